The van der Waals surface area contributed by atoms with Crippen LogP contribution < -0.4 is 4.74 Å². The standard InChI is InChI=1S/C25H31FN2O3/c1-3-30-23-10-6-20(7-11-23)17-28-18-21(16-19-4-8-22(26)9-5-19)25(31-24(28)29)12-14-27(2)15-13-25/h4-11,21H,3,12-18H2,1-2H3. The third kappa shape index (κ3) is 5.01. The largest absolute Gasteiger partial charge is 0.494 e. The zero-order chi connectivity index (χ0) is 21.8. The first kappa shape index (κ1) is 21.6. The minimum Gasteiger partial charge on any atom is -0.494 e. The van der Waals surface area contributed by atoms with Crippen LogP contribution in [0.25, 0.3) is 0 Å². The lowest BCUT2D eigenvalue weighted by Crippen LogP contribution is -2.60. The minimum absolute atomic E-state index is 0.159. The highest BCUT2D eigenvalue weighted by molar-refractivity contribution is 5.69. The molecule has 2 aliphatic rings. The van der Waals surface area contributed by atoms with E-state index in [0.29, 0.717) is 19.7 Å². The van der Waals surface area contributed by atoms with Gasteiger partial charge in [-0.1, -0.05) is 24.3 Å². The van der Waals surface area contributed by atoms with Crippen molar-refractivity contribution in [1.82, 2.24) is 9.80 Å². The van der Waals surface area contributed by atoms with Gasteiger partial charge in [-0.05, 0) is 55.8 Å². The van der Waals surface area contributed by atoms with Crippen LogP contribution in [0.4, 0.5) is 9.18 Å². The molecular weight excluding hydrogens is 395 g/mol. The Hall–Kier alpha value is -2.60. The van der Waals surface area contributed by atoms with E-state index in [-0.39, 0.29) is 17.8 Å². The molecule has 5 nitrogen and oxygen atoms in total. The fourth-order valence-electron chi connectivity index (χ4n) is 4.70. The van der Waals surface area contributed by atoms with Crippen molar-refractivity contribution in [2.75, 3.05) is 33.3 Å². The Kier molecular flexibility index (Phi) is 6.46. The maximum atomic E-state index is 13.4. The fourth-order valence-corrected chi connectivity index (χ4v) is 4.70. The van der Waals surface area contributed by atoms with Crippen molar-refractivity contribution in [3.63, 3.8) is 0 Å². The second-order valence-electron chi connectivity index (χ2n) is 8.72. The highest BCUT2D eigenvalue weighted by Gasteiger charge is 2.49. The summed E-state index contributed by atoms with van der Waals surface area (Å²) in [7, 11) is 2.10. The monoisotopic (exact) mass is 426 g/mol. The molecule has 1 amide bonds. The average Bonchev–Trinajstić information content (AvgIpc) is 2.77. The van der Waals surface area contributed by atoms with E-state index < -0.39 is 5.60 Å². The highest BCUT2D eigenvalue weighted by Crippen LogP contribution is 2.40. The molecule has 0 bridgehead atoms. The molecule has 0 saturated carbocycles. The Bertz CT molecular complexity index is 877. The molecule has 2 heterocycles. The predicted molar refractivity (Wildman–Crippen MR) is 118 cm³/mol. The van der Waals surface area contributed by atoms with Crippen LogP contribution in [0.5, 0.6) is 5.75 Å². The van der Waals surface area contributed by atoms with Crippen LogP contribution in [-0.4, -0.2) is 54.8 Å². The summed E-state index contributed by atoms with van der Waals surface area (Å²) in [6, 6.07) is 14.5. The molecule has 0 radical (unpaired) electrons. The lowest BCUT2D eigenvalue weighted by Gasteiger charge is -2.50. The average molecular weight is 427 g/mol. The molecule has 1 unspecified atom stereocenters. The van der Waals surface area contributed by atoms with Crippen LogP contribution in [0, 0.1) is 11.7 Å². The molecule has 2 saturated heterocycles. The summed E-state index contributed by atoms with van der Waals surface area (Å²) in [5, 5.41) is 0. The van der Waals surface area contributed by atoms with Gasteiger partial charge in [-0.25, -0.2) is 9.18 Å². The van der Waals surface area contributed by atoms with Gasteiger partial charge in [0.25, 0.3) is 0 Å². The number of halogens is 1. The van der Waals surface area contributed by atoms with E-state index in [0.717, 1.165) is 49.2 Å². The smallest absolute Gasteiger partial charge is 0.410 e. The number of likely N-dealkylation sites (tertiary alicyclic amines) is 1. The number of hydrogen-bond acceptors (Lipinski definition) is 4. The molecule has 0 aliphatic carbocycles. The number of benzene rings is 2. The topological polar surface area (TPSA) is 42.0 Å². The van der Waals surface area contributed by atoms with Gasteiger partial charge < -0.3 is 19.3 Å². The van der Waals surface area contributed by atoms with E-state index >= 15 is 0 Å². The van der Waals surface area contributed by atoms with Crippen molar-refractivity contribution < 1.29 is 18.7 Å². The Morgan fingerprint density at radius 3 is 2.35 bits per heavy atom. The molecule has 2 fully saturated rings. The number of ether oxygens (including phenoxy) is 2. The zero-order valence-electron chi connectivity index (χ0n) is 18.4. The molecule has 6 heteroatoms. The first-order valence-corrected chi connectivity index (χ1v) is 11.1. The molecule has 0 aromatic heterocycles. The van der Waals surface area contributed by atoms with Crippen LogP contribution in [-0.2, 0) is 17.7 Å². The van der Waals surface area contributed by atoms with E-state index in [4.69, 9.17) is 9.47 Å². The Labute approximate surface area is 183 Å². The van der Waals surface area contributed by atoms with Crippen molar-refractivity contribution in [3.8, 4) is 5.75 Å². The molecule has 1 atom stereocenters. The van der Waals surface area contributed by atoms with Crippen LogP contribution in [0.15, 0.2) is 48.5 Å². The fraction of sp³-hybridized carbons (Fsp3) is 0.480. The Morgan fingerprint density at radius 1 is 1.06 bits per heavy atom. The van der Waals surface area contributed by atoms with Gasteiger partial charge in [0.05, 0.1) is 6.61 Å². The summed E-state index contributed by atoms with van der Waals surface area (Å²) in [5.41, 5.74) is 1.66. The summed E-state index contributed by atoms with van der Waals surface area (Å²) < 4.78 is 25.1. The van der Waals surface area contributed by atoms with Crippen LogP contribution in [0.3, 0.4) is 0 Å². The summed E-state index contributed by atoms with van der Waals surface area (Å²) in [6.45, 7) is 5.53. The second-order valence-corrected chi connectivity index (χ2v) is 8.72. The van der Waals surface area contributed by atoms with Gasteiger partial charge in [-0.15, -0.1) is 0 Å². The van der Waals surface area contributed by atoms with Crippen LogP contribution in [0.2, 0.25) is 0 Å². The molecule has 1 spiro atoms. The van der Waals surface area contributed by atoms with Gasteiger partial charge in [0.2, 0.25) is 0 Å². The number of hydrogen-bond donors (Lipinski definition) is 0. The lowest BCUT2D eigenvalue weighted by molar-refractivity contribution is -0.117. The van der Waals surface area contributed by atoms with Crippen molar-refractivity contribution in [2.24, 2.45) is 5.92 Å². The quantitative estimate of drug-likeness (QED) is 0.682. The summed E-state index contributed by atoms with van der Waals surface area (Å²) in [4.78, 5) is 17.1. The van der Waals surface area contributed by atoms with E-state index in [2.05, 4.69) is 11.9 Å². The van der Waals surface area contributed by atoms with E-state index in [9.17, 15) is 9.18 Å². The summed E-state index contributed by atoms with van der Waals surface area (Å²) >= 11 is 0. The number of rotatable bonds is 6. The van der Waals surface area contributed by atoms with Crippen molar-refractivity contribution in [1.29, 1.82) is 0 Å². The lowest BCUT2D eigenvalue weighted by atomic mass is 9.75. The van der Waals surface area contributed by atoms with E-state index in [1.165, 1.54) is 12.1 Å². The first-order chi connectivity index (χ1) is 15.0. The SMILES string of the molecule is CCOc1ccc(CN2CC(Cc3ccc(F)cc3)C3(CCN(C)CC3)OC2=O)cc1. The molecule has 166 valence electrons. The number of carbonyl (C=O) groups is 1. The normalized spacial score (nSPS) is 21.2. The number of carbonyl (C=O) groups excluding carboxylic acids is 1. The van der Waals surface area contributed by atoms with Crippen molar-refractivity contribution in [2.45, 2.75) is 38.3 Å². The minimum atomic E-state index is -0.451. The van der Waals surface area contributed by atoms with Crippen molar-refractivity contribution in [3.05, 3.63) is 65.5 Å². The number of nitrogens with zero attached hydrogens (tertiary/aromatic N) is 2. The van der Waals surface area contributed by atoms with Gasteiger partial charge in [-0.2, -0.15) is 0 Å². The van der Waals surface area contributed by atoms with E-state index in [1.807, 2.05) is 43.3 Å². The third-order valence-corrected chi connectivity index (χ3v) is 6.57. The number of piperidine rings is 1. The first-order valence-electron chi connectivity index (χ1n) is 11.1. The van der Waals surface area contributed by atoms with Crippen LogP contribution >= 0.6 is 0 Å². The molecule has 2 aromatic carbocycles. The van der Waals surface area contributed by atoms with Crippen LogP contribution in [0.1, 0.15) is 30.9 Å². The molecule has 0 N–H and O–H groups in total. The van der Waals surface area contributed by atoms with Gasteiger partial charge in [0.1, 0.15) is 17.2 Å². The van der Waals surface area contributed by atoms with Gasteiger partial charge in [0.15, 0.2) is 0 Å². The maximum absolute atomic E-state index is 13.4. The van der Waals surface area contributed by atoms with Gasteiger partial charge in [-0.3, -0.25) is 0 Å². The molecular formula is C25H31FN2O3. The third-order valence-electron chi connectivity index (χ3n) is 6.57. The predicted octanol–water partition coefficient (Wildman–Crippen LogP) is 4.50. The summed E-state index contributed by atoms with van der Waals surface area (Å²) in [5.74, 6) is 0.754. The van der Waals surface area contributed by atoms with E-state index in [1.54, 1.807) is 4.90 Å². The van der Waals surface area contributed by atoms with Gasteiger partial charge in [0, 0.05) is 44.9 Å². The molecule has 2 aliphatic heterocycles. The molecule has 31 heavy (non-hydrogen) atoms. The molecule has 4 rings (SSSR count). The molecule has 2 aromatic rings. The Balaban J connectivity index is 1.52. The second kappa shape index (κ2) is 9.27. The number of amides is 1. The summed E-state index contributed by atoms with van der Waals surface area (Å²) in [6.07, 6.45) is 2.18. The zero-order valence-corrected chi connectivity index (χ0v) is 18.4. The highest BCUT2D eigenvalue weighted by atomic mass is 19.1. The van der Waals surface area contributed by atoms with Gasteiger partial charge >= 0.3 is 6.09 Å². The Morgan fingerprint density at radius 2 is 1.71 bits per heavy atom. The maximum Gasteiger partial charge on any atom is 0.410 e. The van der Waals surface area contributed by atoms with Crippen molar-refractivity contribution >= 4 is 6.09 Å².